The number of hydrogen-bond donors (Lipinski definition) is 0. The number of carbonyl (C=O) groups excluding carboxylic acids is 2. The highest BCUT2D eigenvalue weighted by Gasteiger charge is 2.15. The van der Waals surface area contributed by atoms with Gasteiger partial charge in [-0.2, -0.15) is 0 Å². The summed E-state index contributed by atoms with van der Waals surface area (Å²) in [6, 6.07) is 16.6. The van der Waals surface area contributed by atoms with E-state index in [1.54, 1.807) is 6.92 Å². The Morgan fingerprint density at radius 1 is 1.03 bits per heavy atom. The number of benzene rings is 2. The second kappa shape index (κ2) is 12.5. The quantitative estimate of drug-likeness (QED) is 0.316. The Labute approximate surface area is 199 Å². The lowest BCUT2D eigenvalue weighted by atomic mass is 9.93. The highest BCUT2D eigenvalue weighted by molar-refractivity contribution is 5.81. The third kappa shape index (κ3) is 7.96. The molecule has 3 rings (SSSR count). The molecule has 1 atom stereocenters. The van der Waals surface area contributed by atoms with Crippen molar-refractivity contribution in [2.45, 2.75) is 77.6 Å². The Morgan fingerprint density at radius 2 is 1.76 bits per heavy atom. The number of rotatable bonds is 12. The Morgan fingerprint density at radius 3 is 2.42 bits per heavy atom. The summed E-state index contributed by atoms with van der Waals surface area (Å²) in [5, 5.41) is 0. The number of ketones is 2. The standard InChI is InChI=1S/C31H38O2/c1-4-28(30-13-7-12-27(21-30)20-24(3)32)19-23(2)29-17-15-26(16-18-29)22-31(33)14-8-11-25-9-5-6-10-25/h4,7,12-13,15-19,21,23,25H,1,5-6,8-11,14,20,22H2,2-3H3/b28-19+. The van der Waals surface area contributed by atoms with Crippen LogP contribution in [0.5, 0.6) is 0 Å². The minimum Gasteiger partial charge on any atom is -0.300 e. The number of carbonyl (C=O) groups is 2. The second-order valence-electron chi connectivity index (χ2n) is 9.69. The minimum atomic E-state index is 0.164. The fourth-order valence-electron chi connectivity index (χ4n) is 4.94. The molecule has 2 aromatic rings. The van der Waals surface area contributed by atoms with Gasteiger partial charge in [-0.15, -0.1) is 0 Å². The molecule has 2 nitrogen and oxygen atoms in total. The molecule has 1 aliphatic carbocycles. The van der Waals surface area contributed by atoms with Gasteiger partial charge in [0.05, 0.1) is 0 Å². The molecule has 0 N–H and O–H groups in total. The molecule has 0 aromatic heterocycles. The molecule has 2 heteroatoms. The second-order valence-corrected chi connectivity index (χ2v) is 9.69. The molecule has 174 valence electrons. The summed E-state index contributed by atoms with van der Waals surface area (Å²) in [5.74, 6) is 1.60. The number of Topliss-reactive ketones (excluding diaryl/α,β-unsaturated/α-hetero) is 2. The summed E-state index contributed by atoms with van der Waals surface area (Å²) >= 11 is 0. The van der Waals surface area contributed by atoms with Crippen molar-refractivity contribution in [2.75, 3.05) is 0 Å². The van der Waals surface area contributed by atoms with Gasteiger partial charge < -0.3 is 0 Å². The highest BCUT2D eigenvalue weighted by Crippen LogP contribution is 2.29. The van der Waals surface area contributed by atoms with Gasteiger partial charge in [-0.25, -0.2) is 0 Å². The number of hydrogen-bond acceptors (Lipinski definition) is 2. The van der Waals surface area contributed by atoms with E-state index in [0.29, 0.717) is 25.0 Å². The van der Waals surface area contributed by atoms with Crippen LogP contribution < -0.4 is 0 Å². The number of allylic oxidation sites excluding steroid dienone is 3. The third-order valence-electron chi connectivity index (χ3n) is 6.81. The van der Waals surface area contributed by atoms with Crippen molar-refractivity contribution in [3.63, 3.8) is 0 Å². The lowest BCUT2D eigenvalue weighted by Crippen LogP contribution is -2.04. The van der Waals surface area contributed by atoms with Crippen LogP contribution in [0.4, 0.5) is 0 Å². The lowest BCUT2D eigenvalue weighted by molar-refractivity contribution is -0.118. The van der Waals surface area contributed by atoms with Crippen LogP contribution in [-0.4, -0.2) is 11.6 Å². The molecule has 1 aliphatic rings. The van der Waals surface area contributed by atoms with E-state index < -0.39 is 0 Å². The summed E-state index contributed by atoms with van der Waals surface area (Å²) in [6.07, 6.45) is 13.5. The van der Waals surface area contributed by atoms with Crippen molar-refractivity contribution in [1.29, 1.82) is 0 Å². The molecule has 0 aliphatic heterocycles. The molecule has 1 unspecified atom stereocenters. The summed E-state index contributed by atoms with van der Waals surface area (Å²) in [7, 11) is 0. The van der Waals surface area contributed by atoms with Gasteiger partial charge in [0, 0.05) is 19.3 Å². The van der Waals surface area contributed by atoms with Gasteiger partial charge in [-0.3, -0.25) is 9.59 Å². The van der Waals surface area contributed by atoms with Crippen LogP contribution in [-0.2, 0) is 22.4 Å². The zero-order chi connectivity index (χ0) is 23.6. The summed E-state index contributed by atoms with van der Waals surface area (Å²) in [6.45, 7) is 7.79. The Bertz CT molecular complexity index is 974. The van der Waals surface area contributed by atoms with Crippen LogP contribution in [0.25, 0.3) is 5.57 Å². The van der Waals surface area contributed by atoms with Gasteiger partial charge in [0.1, 0.15) is 11.6 Å². The van der Waals surface area contributed by atoms with Crippen molar-refractivity contribution in [1.82, 2.24) is 0 Å². The smallest absolute Gasteiger partial charge is 0.137 e. The van der Waals surface area contributed by atoms with Crippen LogP contribution in [0.1, 0.15) is 87.0 Å². The van der Waals surface area contributed by atoms with Crippen molar-refractivity contribution in [3.05, 3.63) is 89.5 Å². The molecule has 0 heterocycles. The normalized spacial score (nSPS) is 15.4. The van der Waals surface area contributed by atoms with E-state index in [0.717, 1.165) is 34.6 Å². The van der Waals surface area contributed by atoms with E-state index in [1.165, 1.54) is 37.7 Å². The first-order valence-electron chi connectivity index (χ1n) is 12.5. The summed E-state index contributed by atoms with van der Waals surface area (Å²) in [5.41, 5.74) is 5.48. The van der Waals surface area contributed by atoms with Crippen molar-refractivity contribution >= 4 is 17.1 Å². The van der Waals surface area contributed by atoms with E-state index in [-0.39, 0.29) is 11.7 Å². The van der Waals surface area contributed by atoms with Gasteiger partial charge in [0.15, 0.2) is 0 Å². The van der Waals surface area contributed by atoms with Crippen LogP contribution in [0.3, 0.4) is 0 Å². The van der Waals surface area contributed by atoms with Gasteiger partial charge in [-0.1, -0.05) is 106 Å². The van der Waals surface area contributed by atoms with E-state index in [2.05, 4.69) is 56.0 Å². The first kappa shape index (κ1) is 24.9. The maximum atomic E-state index is 12.4. The van der Waals surface area contributed by atoms with E-state index in [1.807, 2.05) is 18.2 Å². The minimum absolute atomic E-state index is 0.164. The van der Waals surface area contributed by atoms with Crippen LogP contribution in [0, 0.1) is 5.92 Å². The first-order valence-corrected chi connectivity index (χ1v) is 12.5. The van der Waals surface area contributed by atoms with Crippen LogP contribution in [0.2, 0.25) is 0 Å². The Balaban J connectivity index is 1.57. The van der Waals surface area contributed by atoms with E-state index in [4.69, 9.17) is 0 Å². The molecule has 33 heavy (non-hydrogen) atoms. The third-order valence-corrected chi connectivity index (χ3v) is 6.81. The predicted octanol–water partition coefficient (Wildman–Crippen LogP) is 7.66. The summed E-state index contributed by atoms with van der Waals surface area (Å²) in [4.78, 5) is 23.9. The molecule has 0 saturated heterocycles. The largest absolute Gasteiger partial charge is 0.300 e. The maximum Gasteiger partial charge on any atom is 0.137 e. The monoisotopic (exact) mass is 442 g/mol. The molecule has 1 saturated carbocycles. The highest BCUT2D eigenvalue weighted by atomic mass is 16.1. The topological polar surface area (TPSA) is 34.1 Å². The van der Waals surface area contributed by atoms with E-state index >= 15 is 0 Å². The maximum absolute atomic E-state index is 12.4. The van der Waals surface area contributed by atoms with Crippen molar-refractivity contribution in [2.24, 2.45) is 5.92 Å². The fourth-order valence-corrected chi connectivity index (χ4v) is 4.94. The summed E-state index contributed by atoms with van der Waals surface area (Å²) < 4.78 is 0. The zero-order valence-electron chi connectivity index (χ0n) is 20.3. The zero-order valence-corrected chi connectivity index (χ0v) is 20.3. The molecule has 0 bridgehead atoms. The Hall–Kier alpha value is -2.74. The molecular weight excluding hydrogens is 404 g/mol. The van der Waals surface area contributed by atoms with Crippen LogP contribution in [0.15, 0.2) is 67.3 Å². The molecule has 0 radical (unpaired) electrons. The predicted molar refractivity (Wildman–Crippen MR) is 138 cm³/mol. The molecule has 0 spiro atoms. The SMILES string of the molecule is C=C/C(=C\C(C)c1ccc(CC(=O)CCCC2CCCC2)cc1)c1cccc(CC(C)=O)c1. The molecule has 2 aromatic carbocycles. The lowest BCUT2D eigenvalue weighted by Gasteiger charge is -2.12. The fraction of sp³-hybridized carbons (Fsp3) is 0.419. The molecule has 0 amide bonds. The van der Waals surface area contributed by atoms with Crippen molar-refractivity contribution in [3.8, 4) is 0 Å². The Kier molecular flexibility index (Phi) is 9.42. The van der Waals surface area contributed by atoms with E-state index in [9.17, 15) is 9.59 Å². The average molecular weight is 443 g/mol. The van der Waals surface area contributed by atoms with Gasteiger partial charge in [-0.05, 0) is 53.0 Å². The van der Waals surface area contributed by atoms with Crippen molar-refractivity contribution < 1.29 is 9.59 Å². The first-order chi connectivity index (χ1) is 15.9. The van der Waals surface area contributed by atoms with Gasteiger partial charge in [0.2, 0.25) is 0 Å². The van der Waals surface area contributed by atoms with Gasteiger partial charge >= 0.3 is 0 Å². The molecule has 1 fully saturated rings. The average Bonchev–Trinajstić information content (AvgIpc) is 3.31. The van der Waals surface area contributed by atoms with Gasteiger partial charge in [0.25, 0.3) is 0 Å². The molecular formula is C31H38O2. The van der Waals surface area contributed by atoms with Crippen LogP contribution >= 0.6 is 0 Å².